The van der Waals surface area contributed by atoms with Gasteiger partial charge >= 0.3 is 0 Å². The van der Waals surface area contributed by atoms with Crippen molar-refractivity contribution in [2.45, 2.75) is 31.7 Å². The van der Waals surface area contributed by atoms with Crippen LogP contribution in [-0.4, -0.2) is 44.2 Å². The van der Waals surface area contributed by atoms with E-state index in [-0.39, 0.29) is 0 Å². The van der Waals surface area contributed by atoms with Crippen molar-refractivity contribution < 1.29 is 0 Å². The summed E-state index contributed by atoms with van der Waals surface area (Å²) >= 11 is 0. The van der Waals surface area contributed by atoms with Gasteiger partial charge in [0.25, 0.3) is 0 Å². The molecule has 0 aromatic heterocycles. The Morgan fingerprint density at radius 2 is 2.11 bits per heavy atom. The molecule has 3 rings (SSSR count). The van der Waals surface area contributed by atoms with E-state index in [0.717, 1.165) is 26.2 Å². The number of rotatable bonds is 3. The summed E-state index contributed by atoms with van der Waals surface area (Å²) in [7, 11) is 2.22. The minimum absolute atomic E-state index is 0.602. The van der Waals surface area contributed by atoms with Crippen LogP contribution in [0.4, 0.5) is 5.69 Å². The number of fused-ring (bicyclic) bond motifs is 1. The van der Waals surface area contributed by atoms with Crippen LogP contribution in [0.2, 0.25) is 0 Å². The van der Waals surface area contributed by atoms with E-state index in [9.17, 15) is 0 Å². The number of benzene rings is 1. The van der Waals surface area contributed by atoms with Gasteiger partial charge in [-0.3, -0.25) is 4.90 Å². The molecule has 2 aliphatic rings. The topological polar surface area (TPSA) is 27.3 Å². The van der Waals surface area contributed by atoms with E-state index in [0.29, 0.717) is 6.04 Å². The zero-order chi connectivity index (χ0) is 13.1. The van der Waals surface area contributed by atoms with Crippen LogP contribution in [0.3, 0.4) is 0 Å². The molecule has 0 radical (unpaired) electrons. The van der Waals surface area contributed by atoms with E-state index >= 15 is 0 Å². The average Bonchev–Trinajstić information content (AvgIpc) is 2.46. The molecule has 1 aliphatic carbocycles. The van der Waals surface area contributed by atoms with E-state index in [1.165, 1.54) is 31.4 Å². The molecule has 0 bridgehead atoms. The van der Waals surface area contributed by atoms with Crippen LogP contribution < -0.4 is 10.6 Å². The monoisotopic (exact) mass is 259 g/mol. The maximum absolute atomic E-state index is 3.61. The molecule has 1 fully saturated rings. The van der Waals surface area contributed by atoms with Gasteiger partial charge in [0.15, 0.2) is 0 Å². The molecule has 3 heteroatoms. The zero-order valence-corrected chi connectivity index (χ0v) is 11.9. The molecule has 104 valence electrons. The molecule has 1 aliphatic heterocycles. The molecule has 1 atom stereocenters. The van der Waals surface area contributed by atoms with Gasteiger partial charge in [-0.05, 0) is 56.0 Å². The van der Waals surface area contributed by atoms with Gasteiger partial charge in [0.2, 0.25) is 0 Å². The number of likely N-dealkylation sites (N-methyl/N-ethyl adjacent to an activating group) is 1. The lowest BCUT2D eigenvalue weighted by molar-refractivity contribution is 0.209. The lowest BCUT2D eigenvalue weighted by Gasteiger charge is -2.33. The van der Waals surface area contributed by atoms with Crippen molar-refractivity contribution in [2.75, 3.05) is 38.5 Å². The maximum Gasteiger partial charge on any atom is 0.0390 e. The molecule has 0 spiro atoms. The van der Waals surface area contributed by atoms with Gasteiger partial charge in [0, 0.05) is 37.9 Å². The van der Waals surface area contributed by atoms with Crippen LogP contribution in [-0.2, 0) is 12.8 Å². The minimum Gasteiger partial charge on any atom is -0.383 e. The van der Waals surface area contributed by atoms with Crippen LogP contribution in [0.5, 0.6) is 0 Å². The van der Waals surface area contributed by atoms with Crippen molar-refractivity contribution in [3.63, 3.8) is 0 Å². The van der Waals surface area contributed by atoms with E-state index in [1.807, 2.05) is 0 Å². The standard InChI is InChI=1S/C16H25N3/c1-19-9-8-17-11-16(19)12-18-15-7-6-13-4-2-3-5-14(13)10-15/h6-7,10,16-18H,2-5,8-9,11-12H2,1H3. The van der Waals surface area contributed by atoms with Gasteiger partial charge in [0.1, 0.15) is 0 Å². The fraction of sp³-hybridized carbons (Fsp3) is 0.625. The molecule has 19 heavy (non-hydrogen) atoms. The minimum atomic E-state index is 0.602. The summed E-state index contributed by atoms with van der Waals surface area (Å²) in [6.45, 7) is 4.39. The van der Waals surface area contributed by atoms with E-state index in [2.05, 4.69) is 40.8 Å². The van der Waals surface area contributed by atoms with Gasteiger partial charge < -0.3 is 10.6 Å². The third-order valence-corrected chi connectivity index (χ3v) is 4.53. The number of nitrogens with one attached hydrogen (secondary N) is 2. The zero-order valence-electron chi connectivity index (χ0n) is 11.9. The second-order valence-electron chi connectivity index (χ2n) is 5.91. The highest BCUT2D eigenvalue weighted by Gasteiger charge is 2.18. The Morgan fingerprint density at radius 3 is 2.95 bits per heavy atom. The largest absolute Gasteiger partial charge is 0.383 e. The fourth-order valence-corrected chi connectivity index (χ4v) is 3.17. The molecule has 0 amide bonds. The summed E-state index contributed by atoms with van der Waals surface area (Å²) < 4.78 is 0. The number of nitrogens with zero attached hydrogens (tertiary/aromatic N) is 1. The number of hydrogen-bond acceptors (Lipinski definition) is 3. The molecule has 1 saturated heterocycles. The van der Waals surface area contributed by atoms with Gasteiger partial charge in [0.05, 0.1) is 0 Å². The maximum atomic E-state index is 3.61. The highest BCUT2D eigenvalue weighted by Crippen LogP contribution is 2.24. The molecular weight excluding hydrogens is 234 g/mol. The smallest absolute Gasteiger partial charge is 0.0390 e. The van der Waals surface area contributed by atoms with Gasteiger partial charge in [-0.25, -0.2) is 0 Å². The van der Waals surface area contributed by atoms with Crippen LogP contribution in [0, 0.1) is 0 Å². The second-order valence-corrected chi connectivity index (χ2v) is 5.91. The molecule has 1 aromatic carbocycles. The lowest BCUT2D eigenvalue weighted by atomic mass is 9.91. The van der Waals surface area contributed by atoms with Crippen molar-refractivity contribution >= 4 is 5.69 Å². The quantitative estimate of drug-likeness (QED) is 0.868. The van der Waals surface area contributed by atoms with Crippen LogP contribution in [0.1, 0.15) is 24.0 Å². The molecule has 0 saturated carbocycles. The van der Waals surface area contributed by atoms with Crippen LogP contribution in [0.15, 0.2) is 18.2 Å². The Labute approximate surface area is 116 Å². The van der Waals surface area contributed by atoms with Crippen LogP contribution >= 0.6 is 0 Å². The molecule has 3 nitrogen and oxygen atoms in total. The first-order valence-corrected chi connectivity index (χ1v) is 7.59. The first-order chi connectivity index (χ1) is 9.33. The number of anilines is 1. The van der Waals surface area contributed by atoms with Crippen molar-refractivity contribution in [2.24, 2.45) is 0 Å². The Balaban J connectivity index is 1.60. The Kier molecular flexibility index (Phi) is 4.04. The summed E-state index contributed by atoms with van der Waals surface area (Å²) in [5.74, 6) is 0. The van der Waals surface area contributed by atoms with Crippen molar-refractivity contribution in [1.29, 1.82) is 0 Å². The molecule has 1 unspecified atom stereocenters. The Morgan fingerprint density at radius 1 is 1.26 bits per heavy atom. The Hall–Kier alpha value is -1.06. The first-order valence-electron chi connectivity index (χ1n) is 7.59. The normalized spacial score (nSPS) is 23.9. The van der Waals surface area contributed by atoms with Gasteiger partial charge in [-0.1, -0.05) is 6.07 Å². The van der Waals surface area contributed by atoms with Crippen molar-refractivity contribution in [3.8, 4) is 0 Å². The molecular formula is C16H25N3. The third-order valence-electron chi connectivity index (χ3n) is 4.53. The van der Waals surface area contributed by atoms with E-state index in [4.69, 9.17) is 0 Å². The summed E-state index contributed by atoms with van der Waals surface area (Å²) in [4.78, 5) is 2.45. The lowest BCUT2D eigenvalue weighted by Crippen LogP contribution is -2.52. The number of hydrogen-bond donors (Lipinski definition) is 2. The molecule has 1 aromatic rings. The van der Waals surface area contributed by atoms with Gasteiger partial charge in [-0.2, -0.15) is 0 Å². The highest BCUT2D eigenvalue weighted by atomic mass is 15.2. The third kappa shape index (κ3) is 3.10. The summed E-state index contributed by atoms with van der Waals surface area (Å²) in [5, 5.41) is 7.08. The van der Waals surface area contributed by atoms with Crippen molar-refractivity contribution in [3.05, 3.63) is 29.3 Å². The van der Waals surface area contributed by atoms with Gasteiger partial charge in [-0.15, -0.1) is 0 Å². The first kappa shape index (κ1) is 12.9. The molecule has 1 heterocycles. The molecule has 2 N–H and O–H groups in total. The summed E-state index contributed by atoms with van der Waals surface area (Å²) in [6, 6.07) is 7.54. The predicted molar refractivity (Wildman–Crippen MR) is 80.9 cm³/mol. The SMILES string of the molecule is CN1CCNCC1CNc1ccc2c(c1)CCCC2. The van der Waals surface area contributed by atoms with E-state index < -0.39 is 0 Å². The predicted octanol–water partition coefficient (Wildman–Crippen LogP) is 1.88. The summed E-state index contributed by atoms with van der Waals surface area (Å²) in [6.07, 6.45) is 5.24. The van der Waals surface area contributed by atoms with Crippen molar-refractivity contribution in [1.82, 2.24) is 10.2 Å². The second kappa shape index (κ2) is 5.93. The number of piperazine rings is 1. The number of aryl methyl sites for hydroxylation is 2. The van der Waals surface area contributed by atoms with Crippen LogP contribution in [0.25, 0.3) is 0 Å². The van der Waals surface area contributed by atoms with E-state index in [1.54, 1.807) is 11.1 Å². The fourth-order valence-electron chi connectivity index (χ4n) is 3.17. The average molecular weight is 259 g/mol. The summed E-state index contributed by atoms with van der Waals surface area (Å²) in [5.41, 5.74) is 4.42. The Bertz CT molecular complexity index is 430. The highest BCUT2D eigenvalue weighted by molar-refractivity contribution is 5.49.